The molecular weight excluding hydrogens is 1020 g/mol. The molecular formula is C77H128O6. The van der Waals surface area contributed by atoms with Gasteiger partial charge in [0, 0.05) is 19.3 Å². The second-order valence-electron chi connectivity index (χ2n) is 22.7. The summed E-state index contributed by atoms with van der Waals surface area (Å²) < 4.78 is 17.0. The molecule has 0 radical (unpaired) electrons. The highest BCUT2D eigenvalue weighted by molar-refractivity contribution is 5.71. The Bertz CT molecular complexity index is 1750. The molecule has 0 aromatic heterocycles. The number of unbranched alkanes of at least 4 members (excludes halogenated alkanes) is 29. The molecule has 0 aliphatic heterocycles. The molecule has 0 bridgehead atoms. The van der Waals surface area contributed by atoms with Gasteiger partial charge in [0.05, 0.1) is 0 Å². The fourth-order valence-electron chi connectivity index (χ4n) is 9.49. The number of carbonyl (C=O) groups is 3. The number of carbonyl (C=O) groups excluding carboxylic acids is 3. The zero-order valence-corrected chi connectivity index (χ0v) is 54.2. The van der Waals surface area contributed by atoms with Crippen LogP contribution in [0.25, 0.3) is 0 Å². The first-order chi connectivity index (χ1) is 41.0. The number of hydrogen-bond acceptors (Lipinski definition) is 6. The molecule has 0 spiro atoms. The normalized spacial score (nSPS) is 13.0. The molecule has 0 rings (SSSR count). The lowest BCUT2D eigenvalue weighted by Crippen LogP contribution is -2.30. The molecule has 6 heteroatoms. The molecule has 1 atom stereocenters. The topological polar surface area (TPSA) is 78.9 Å². The summed E-state index contributed by atoms with van der Waals surface area (Å²) in [6, 6.07) is 0. The van der Waals surface area contributed by atoms with Crippen LogP contribution in [0.2, 0.25) is 0 Å². The summed E-state index contributed by atoms with van der Waals surface area (Å²) in [5.41, 5.74) is 0. The Balaban J connectivity index is 4.46. The van der Waals surface area contributed by atoms with E-state index in [-0.39, 0.29) is 31.1 Å². The van der Waals surface area contributed by atoms with Crippen LogP contribution in [-0.2, 0) is 28.6 Å². The molecule has 83 heavy (non-hydrogen) atoms. The number of allylic oxidation sites excluding steroid dienone is 22. The molecule has 6 nitrogen and oxygen atoms in total. The van der Waals surface area contributed by atoms with Crippen molar-refractivity contribution in [2.45, 2.75) is 322 Å². The molecule has 1 unspecified atom stereocenters. The van der Waals surface area contributed by atoms with Crippen LogP contribution in [0.5, 0.6) is 0 Å². The van der Waals surface area contributed by atoms with E-state index in [1.165, 1.54) is 128 Å². The summed E-state index contributed by atoms with van der Waals surface area (Å²) in [7, 11) is 0. The van der Waals surface area contributed by atoms with Gasteiger partial charge in [0.2, 0.25) is 0 Å². The van der Waals surface area contributed by atoms with Gasteiger partial charge in [-0.1, -0.05) is 296 Å². The molecule has 0 aliphatic carbocycles. The van der Waals surface area contributed by atoms with Crippen molar-refractivity contribution in [2.75, 3.05) is 13.2 Å². The predicted molar refractivity (Wildman–Crippen MR) is 362 cm³/mol. The van der Waals surface area contributed by atoms with Crippen molar-refractivity contribution in [1.82, 2.24) is 0 Å². The van der Waals surface area contributed by atoms with E-state index >= 15 is 0 Å². The van der Waals surface area contributed by atoms with Gasteiger partial charge in [-0.2, -0.15) is 0 Å². The van der Waals surface area contributed by atoms with Crippen LogP contribution < -0.4 is 0 Å². The number of esters is 3. The highest BCUT2D eigenvalue weighted by Crippen LogP contribution is 2.16. The minimum absolute atomic E-state index is 0.0935. The first-order valence-electron chi connectivity index (χ1n) is 34.7. The molecule has 0 fully saturated rings. The Hall–Kier alpha value is -4.45. The number of rotatable bonds is 62. The minimum Gasteiger partial charge on any atom is -0.462 e. The van der Waals surface area contributed by atoms with Gasteiger partial charge in [0.1, 0.15) is 13.2 Å². The van der Waals surface area contributed by atoms with E-state index in [0.29, 0.717) is 19.3 Å². The lowest BCUT2D eigenvalue weighted by atomic mass is 10.1. The van der Waals surface area contributed by atoms with E-state index in [1.807, 2.05) is 0 Å². The van der Waals surface area contributed by atoms with Crippen molar-refractivity contribution in [3.8, 4) is 0 Å². The van der Waals surface area contributed by atoms with E-state index in [4.69, 9.17) is 14.2 Å². The predicted octanol–water partition coefficient (Wildman–Crippen LogP) is 24.1. The van der Waals surface area contributed by atoms with E-state index in [0.717, 1.165) is 148 Å². The molecule has 0 saturated carbocycles. The first kappa shape index (κ1) is 78.5. The van der Waals surface area contributed by atoms with Crippen molar-refractivity contribution in [1.29, 1.82) is 0 Å². The lowest BCUT2D eigenvalue weighted by molar-refractivity contribution is -0.167. The summed E-state index contributed by atoms with van der Waals surface area (Å²) in [6.07, 6.45) is 98.9. The third-order valence-electron chi connectivity index (χ3n) is 14.6. The van der Waals surface area contributed by atoms with Gasteiger partial charge in [-0.05, 0) is 135 Å². The maximum Gasteiger partial charge on any atom is 0.306 e. The molecule has 0 aromatic rings. The van der Waals surface area contributed by atoms with Crippen LogP contribution in [0.15, 0.2) is 134 Å². The van der Waals surface area contributed by atoms with Gasteiger partial charge in [-0.25, -0.2) is 0 Å². The second-order valence-corrected chi connectivity index (χ2v) is 22.7. The summed E-state index contributed by atoms with van der Waals surface area (Å²) in [4.78, 5) is 38.5. The van der Waals surface area contributed by atoms with E-state index < -0.39 is 6.10 Å². The number of ether oxygens (including phenoxy) is 3. The summed E-state index contributed by atoms with van der Waals surface area (Å²) in [5.74, 6) is -0.918. The lowest BCUT2D eigenvalue weighted by Gasteiger charge is -2.18. The summed E-state index contributed by atoms with van der Waals surface area (Å²) in [6.45, 7) is 6.41. The van der Waals surface area contributed by atoms with E-state index in [1.54, 1.807) is 0 Å². The fourth-order valence-corrected chi connectivity index (χ4v) is 9.49. The average molecular weight is 1150 g/mol. The average Bonchev–Trinajstić information content (AvgIpc) is 3.49. The number of hydrogen-bond donors (Lipinski definition) is 0. The van der Waals surface area contributed by atoms with Crippen LogP contribution in [0.3, 0.4) is 0 Å². The van der Waals surface area contributed by atoms with Crippen molar-refractivity contribution in [2.24, 2.45) is 0 Å². The van der Waals surface area contributed by atoms with Crippen LogP contribution in [-0.4, -0.2) is 37.2 Å². The smallest absolute Gasteiger partial charge is 0.306 e. The van der Waals surface area contributed by atoms with Gasteiger partial charge in [0.25, 0.3) is 0 Å². The third-order valence-corrected chi connectivity index (χ3v) is 14.6. The fraction of sp³-hybridized carbons (Fsp3) is 0.675. The molecule has 0 heterocycles. The quantitative estimate of drug-likeness (QED) is 0.0261. The van der Waals surface area contributed by atoms with Crippen molar-refractivity contribution < 1.29 is 28.6 Å². The van der Waals surface area contributed by atoms with Gasteiger partial charge in [-0.15, -0.1) is 0 Å². The molecule has 472 valence electrons. The SMILES string of the molecule is CC/C=C\C/C=C\C/C=C\C/C=C\C/C=C\CCCCCCCCCC(=O)OCC(COC(=O)CCCCCCCCCCC/C=C\CCCCCCCCCC)OC(=O)CCCCCCC/C=C\C/C=C\C/C=C\C/C=C\C/C=C\CC. The van der Waals surface area contributed by atoms with Crippen molar-refractivity contribution in [3.05, 3.63) is 134 Å². The zero-order chi connectivity index (χ0) is 59.9. The van der Waals surface area contributed by atoms with Gasteiger partial charge in [0.15, 0.2) is 6.10 Å². The van der Waals surface area contributed by atoms with Crippen LogP contribution in [0.4, 0.5) is 0 Å². The Labute approximate surface area is 513 Å². The Morgan fingerprint density at radius 3 is 0.747 bits per heavy atom. The van der Waals surface area contributed by atoms with Crippen LogP contribution in [0, 0.1) is 0 Å². The third kappa shape index (κ3) is 68.2. The zero-order valence-electron chi connectivity index (χ0n) is 54.2. The van der Waals surface area contributed by atoms with Gasteiger partial charge in [-0.3, -0.25) is 14.4 Å². The maximum atomic E-state index is 13.0. The van der Waals surface area contributed by atoms with E-state index in [9.17, 15) is 14.4 Å². The molecule has 0 saturated heterocycles. The highest BCUT2D eigenvalue weighted by atomic mass is 16.6. The molecule has 0 aromatic carbocycles. The van der Waals surface area contributed by atoms with Crippen molar-refractivity contribution in [3.63, 3.8) is 0 Å². The Kier molecular flexibility index (Phi) is 66.3. The summed E-state index contributed by atoms with van der Waals surface area (Å²) in [5, 5.41) is 0. The second kappa shape index (κ2) is 70.0. The largest absolute Gasteiger partial charge is 0.462 e. The standard InChI is InChI=1S/C77H128O6/c1-4-7-10-13-16-19-22-25-28-31-34-37-38-41-43-46-49-52-55-58-61-64-67-70-76(79)82-73-74(83-77(80)71-68-65-62-59-56-53-50-47-44-40-36-33-30-27-24-21-18-15-12-9-6-3)72-81-75(78)69-66-63-60-57-54-51-48-45-42-39-35-32-29-26-23-20-17-14-11-8-5-2/h7,9-10,12,16,18-19,21,25,27-28,30,32,34-37,40-41,43,47,50,74H,4-6,8,11,13-15,17,20,22-24,26,29,31,33,38-39,42,44-46,48-49,51-73H2,1-3H3/b10-7-,12-9-,19-16-,21-18-,28-25-,30-27-,35-32-,37-34-,40-36-,43-41-,50-47-. The van der Waals surface area contributed by atoms with Gasteiger partial charge < -0.3 is 14.2 Å². The van der Waals surface area contributed by atoms with Crippen molar-refractivity contribution >= 4 is 17.9 Å². The molecule has 0 N–H and O–H groups in total. The minimum atomic E-state index is -0.802. The van der Waals surface area contributed by atoms with Crippen LogP contribution in [0.1, 0.15) is 316 Å². The van der Waals surface area contributed by atoms with E-state index in [2.05, 4.69) is 154 Å². The Morgan fingerprint density at radius 1 is 0.253 bits per heavy atom. The van der Waals surface area contributed by atoms with Gasteiger partial charge >= 0.3 is 17.9 Å². The Morgan fingerprint density at radius 2 is 0.470 bits per heavy atom. The highest BCUT2D eigenvalue weighted by Gasteiger charge is 2.19. The summed E-state index contributed by atoms with van der Waals surface area (Å²) >= 11 is 0. The van der Waals surface area contributed by atoms with Crippen LogP contribution >= 0.6 is 0 Å². The molecule has 0 aliphatic rings. The monoisotopic (exact) mass is 1150 g/mol. The first-order valence-corrected chi connectivity index (χ1v) is 34.7. The maximum absolute atomic E-state index is 13.0. The molecule has 0 amide bonds.